The predicted molar refractivity (Wildman–Crippen MR) is 88.3 cm³/mol. The Hall–Kier alpha value is -1.88. The van der Waals surface area contributed by atoms with E-state index >= 15 is 0 Å². The lowest BCUT2D eigenvalue weighted by molar-refractivity contribution is 0.0943. The van der Waals surface area contributed by atoms with Crippen LogP contribution in [0.25, 0.3) is 0 Å². The number of anilines is 1. The first-order chi connectivity index (χ1) is 10.0. The van der Waals surface area contributed by atoms with Crippen LogP contribution in [0.3, 0.4) is 0 Å². The quantitative estimate of drug-likeness (QED) is 0.812. The fourth-order valence-electron chi connectivity index (χ4n) is 1.86. The standard InChI is InChI=1S/C16H18BrN3O/c1-11(2)19-16(21)12-5-3-6-13(9-12)18-10-14-7-4-8-15(17)20-14/h3-9,11,18H,10H2,1-2H3,(H,19,21). The molecule has 2 aromatic rings. The van der Waals surface area contributed by atoms with E-state index in [0.29, 0.717) is 12.1 Å². The molecule has 0 spiro atoms. The minimum atomic E-state index is -0.0609. The van der Waals surface area contributed by atoms with Crippen molar-refractivity contribution in [2.45, 2.75) is 26.4 Å². The van der Waals surface area contributed by atoms with Gasteiger partial charge in [0.1, 0.15) is 4.60 Å². The molecular formula is C16H18BrN3O. The fourth-order valence-corrected chi connectivity index (χ4v) is 2.24. The van der Waals surface area contributed by atoms with Crippen molar-refractivity contribution in [3.63, 3.8) is 0 Å². The first-order valence-corrected chi connectivity index (χ1v) is 7.60. The van der Waals surface area contributed by atoms with Gasteiger partial charge in [-0.15, -0.1) is 0 Å². The van der Waals surface area contributed by atoms with Crippen LogP contribution in [-0.4, -0.2) is 16.9 Å². The third-order valence-corrected chi connectivity index (χ3v) is 3.23. The molecule has 2 N–H and O–H groups in total. The van der Waals surface area contributed by atoms with Gasteiger partial charge in [-0.3, -0.25) is 4.79 Å². The molecule has 0 unspecified atom stereocenters. The second-order valence-corrected chi connectivity index (χ2v) is 5.83. The molecule has 0 atom stereocenters. The number of carbonyl (C=O) groups is 1. The van der Waals surface area contributed by atoms with Gasteiger partial charge in [0, 0.05) is 17.3 Å². The summed E-state index contributed by atoms with van der Waals surface area (Å²) in [4.78, 5) is 16.3. The minimum absolute atomic E-state index is 0.0609. The molecule has 5 heteroatoms. The Morgan fingerprint density at radius 2 is 2.00 bits per heavy atom. The van der Waals surface area contributed by atoms with Crippen molar-refractivity contribution in [2.24, 2.45) is 0 Å². The van der Waals surface area contributed by atoms with Crippen LogP contribution in [0.4, 0.5) is 5.69 Å². The van der Waals surface area contributed by atoms with Crippen molar-refractivity contribution in [3.8, 4) is 0 Å². The minimum Gasteiger partial charge on any atom is -0.379 e. The molecule has 0 aliphatic heterocycles. The zero-order valence-corrected chi connectivity index (χ0v) is 13.6. The number of amides is 1. The van der Waals surface area contributed by atoms with Crippen LogP contribution in [0.2, 0.25) is 0 Å². The second-order valence-electron chi connectivity index (χ2n) is 5.01. The summed E-state index contributed by atoms with van der Waals surface area (Å²) in [5.74, 6) is -0.0609. The summed E-state index contributed by atoms with van der Waals surface area (Å²) in [6.07, 6.45) is 0. The average Bonchev–Trinajstić information content (AvgIpc) is 2.45. The summed E-state index contributed by atoms with van der Waals surface area (Å²) in [5, 5.41) is 6.16. The molecule has 21 heavy (non-hydrogen) atoms. The van der Waals surface area contributed by atoms with E-state index in [2.05, 4.69) is 31.5 Å². The first-order valence-electron chi connectivity index (χ1n) is 6.81. The third-order valence-electron chi connectivity index (χ3n) is 2.79. The zero-order chi connectivity index (χ0) is 15.2. The van der Waals surface area contributed by atoms with Gasteiger partial charge in [-0.25, -0.2) is 4.98 Å². The highest BCUT2D eigenvalue weighted by Crippen LogP contribution is 2.13. The SMILES string of the molecule is CC(C)NC(=O)c1cccc(NCc2cccc(Br)n2)c1. The lowest BCUT2D eigenvalue weighted by atomic mass is 10.1. The van der Waals surface area contributed by atoms with Crippen LogP contribution in [0.15, 0.2) is 47.1 Å². The van der Waals surface area contributed by atoms with Crippen LogP contribution in [0, 0.1) is 0 Å². The normalized spacial score (nSPS) is 10.5. The van der Waals surface area contributed by atoms with Crippen molar-refractivity contribution >= 4 is 27.5 Å². The van der Waals surface area contributed by atoms with Gasteiger partial charge in [0.2, 0.25) is 0 Å². The molecule has 0 saturated carbocycles. The van der Waals surface area contributed by atoms with E-state index in [4.69, 9.17) is 0 Å². The van der Waals surface area contributed by atoms with E-state index in [1.165, 1.54) is 0 Å². The van der Waals surface area contributed by atoms with Crippen LogP contribution in [-0.2, 0) is 6.54 Å². The van der Waals surface area contributed by atoms with E-state index in [1.54, 1.807) is 6.07 Å². The van der Waals surface area contributed by atoms with E-state index in [9.17, 15) is 4.79 Å². The zero-order valence-electron chi connectivity index (χ0n) is 12.1. The summed E-state index contributed by atoms with van der Waals surface area (Å²) < 4.78 is 0.812. The number of rotatable bonds is 5. The average molecular weight is 348 g/mol. The molecule has 1 heterocycles. The van der Waals surface area contributed by atoms with Gasteiger partial charge < -0.3 is 10.6 Å². The highest BCUT2D eigenvalue weighted by Gasteiger charge is 2.07. The second kappa shape index (κ2) is 7.22. The van der Waals surface area contributed by atoms with E-state index in [1.807, 2.05) is 50.2 Å². The van der Waals surface area contributed by atoms with Gasteiger partial charge in [0.05, 0.1) is 12.2 Å². The number of aromatic nitrogens is 1. The number of nitrogens with one attached hydrogen (secondary N) is 2. The van der Waals surface area contributed by atoms with Crippen molar-refractivity contribution in [1.29, 1.82) is 0 Å². The summed E-state index contributed by atoms with van der Waals surface area (Å²) in [5.41, 5.74) is 2.48. The van der Waals surface area contributed by atoms with Gasteiger partial charge in [-0.05, 0) is 60.1 Å². The summed E-state index contributed by atoms with van der Waals surface area (Å²) >= 11 is 3.35. The summed E-state index contributed by atoms with van der Waals surface area (Å²) in [6.45, 7) is 4.49. The number of carbonyl (C=O) groups excluding carboxylic acids is 1. The molecule has 0 aliphatic carbocycles. The Balaban J connectivity index is 2.02. The largest absolute Gasteiger partial charge is 0.379 e. The number of hydrogen-bond acceptors (Lipinski definition) is 3. The molecule has 110 valence electrons. The van der Waals surface area contributed by atoms with Crippen LogP contribution < -0.4 is 10.6 Å². The monoisotopic (exact) mass is 347 g/mol. The van der Waals surface area contributed by atoms with Crippen LogP contribution in [0.5, 0.6) is 0 Å². The van der Waals surface area contributed by atoms with Crippen LogP contribution >= 0.6 is 15.9 Å². The van der Waals surface area contributed by atoms with Gasteiger partial charge in [0.25, 0.3) is 5.91 Å². The molecule has 0 bridgehead atoms. The first kappa shape index (κ1) is 15.5. The Kier molecular flexibility index (Phi) is 5.33. The smallest absolute Gasteiger partial charge is 0.251 e. The Morgan fingerprint density at radius 1 is 1.24 bits per heavy atom. The maximum Gasteiger partial charge on any atom is 0.251 e. The molecule has 0 saturated heterocycles. The Morgan fingerprint density at radius 3 is 2.71 bits per heavy atom. The predicted octanol–water partition coefficient (Wildman–Crippen LogP) is 3.59. The van der Waals surface area contributed by atoms with Gasteiger partial charge >= 0.3 is 0 Å². The van der Waals surface area contributed by atoms with Gasteiger partial charge in [0.15, 0.2) is 0 Å². The number of hydrogen-bond donors (Lipinski definition) is 2. The Labute approximate surface area is 133 Å². The Bertz CT molecular complexity index is 628. The third kappa shape index (κ3) is 4.86. The molecule has 1 amide bonds. The van der Waals surface area contributed by atoms with E-state index in [-0.39, 0.29) is 11.9 Å². The number of benzene rings is 1. The number of pyridine rings is 1. The highest BCUT2D eigenvalue weighted by molar-refractivity contribution is 9.10. The van der Waals surface area contributed by atoms with Crippen molar-refractivity contribution in [3.05, 3.63) is 58.3 Å². The summed E-state index contributed by atoms with van der Waals surface area (Å²) in [6, 6.07) is 13.4. The molecule has 1 aromatic heterocycles. The fraction of sp³-hybridized carbons (Fsp3) is 0.250. The number of nitrogens with zero attached hydrogens (tertiary/aromatic N) is 1. The van der Waals surface area contributed by atoms with E-state index in [0.717, 1.165) is 16.0 Å². The van der Waals surface area contributed by atoms with Crippen LogP contribution in [0.1, 0.15) is 29.9 Å². The maximum absolute atomic E-state index is 12.0. The number of halogens is 1. The maximum atomic E-state index is 12.0. The molecule has 1 aromatic carbocycles. The highest BCUT2D eigenvalue weighted by atomic mass is 79.9. The topological polar surface area (TPSA) is 54.0 Å². The van der Waals surface area contributed by atoms with Crippen molar-refractivity contribution in [1.82, 2.24) is 10.3 Å². The molecule has 2 rings (SSSR count). The molecule has 0 radical (unpaired) electrons. The van der Waals surface area contributed by atoms with Crippen molar-refractivity contribution in [2.75, 3.05) is 5.32 Å². The van der Waals surface area contributed by atoms with E-state index < -0.39 is 0 Å². The molecular weight excluding hydrogens is 330 g/mol. The molecule has 4 nitrogen and oxygen atoms in total. The molecule has 0 aliphatic rings. The summed E-state index contributed by atoms with van der Waals surface area (Å²) in [7, 11) is 0. The van der Waals surface area contributed by atoms with Gasteiger partial charge in [-0.2, -0.15) is 0 Å². The lowest BCUT2D eigenvalue weighted by Gasteiger charge is -2.10. The molecule has 0 fully saturated rings. The van der Waals surface area contributed by atoms with Gasteiger partial charge in [-0.1, -0.05) is 12.1 Å². The van der Waals surface area contributed by atoms with Crippen molar-refractivity contribution < 1.29 is 4.79 Å². The lowest BCUT2D eigenvalue weighted by Crippen LogP contribution is -2.30.